The van der Waals surface area contributed by atoms with Gasteiger partial charge in [0.15, 0.2) is 5.84 Å². The van der Waals surface area contributed by atoms with Gasteiger partial charge in [0, 0.05) is 23.9 Å². The molecular weight excluding hydrogens is 236 g/mol. The summed E-state index contributed by atoms with van der Waals surface area (Å²) in [5.41, 5.74) is 0.479. The summed E-state index contributed by atoms with van der Waals surface area (Å²) >= 11 is 0. The van der Waals surface area contributed by atoms with Gasteiger partial charge in [-0.15, -0.1) is 0 Å². The monoisotopic (exact) mass is 248 g/mol. The fraction of sp³-hybridized carbons (Fsp3) is 0.273. The average molecular weight is 248 g/mol. The van der Waals surface area contributed by atoms with E-state index >= 15 is 0 Å². The van der Waals surface area contributed by atoms with E-state index in [4.69, 9.17) is 0 Å². The summed E-state index contributed by atoms with van der Waals surface area (Å²) in [7, 11) is 0. The zero-order valence-corrected chi connectivity index (χ0v) is 9.71. The molecule has 1 aromatic rings. The zero-order chi connectivity index (χ0) is 13.1. The Bertz CT molecular complexity index is 510. The number of anilines is 1. The van der Waals surface area contributed by atoms with Crippen LogP contribution in [0.25, 0.3) is 0 Å². The minimum atomic E-state index is -0.490. The summed E-state index contributed by atoms with van der Waals surface area (Å²) in [5.74, 6) is -0.0472. The largest absolute Gasteiger partial charge is 0.361 e. The van der Waals surface area contributed by atoms with Crippen molar-refractivity contribution in [1.82, 2.24) is 5.32 Å². The number of nitrogens with zero attached hydrogens (tertiary/aromatic N) is 2. The lowest BCUT2D eigenvalue weighted by molar-refractivity contribution is -0.384. The van der Waals surface area contributed by atoms with Gasteiger partial charge in [-0.25, -0.2) is 0 Å². The first-order valence-electron chi connectivity index (χ1n) is 5.43. The molecule has 1 aromatic carbocycles. The summed E-state index contributed by atoms with van der Waals surface area (Å²) in [5, 5.41) is 16.0. The lowest BCUT2D eigenvalue weighted by Gasteiger charge is -2.07. The van der Waals surface area contributed by atoms with Crippen molar-refractivity contribution in [1.29, 1.82) is 0 Å². The van der Waals surface area contributed by atoms with Crippen molar-refractivity contribution in [3.05, 3.63) is 34.4 Å². The third-order valence-electron chi connectivity index (χ3n) is 2.46. The molecular formula is C11H12N4O3. The van der Waals surface area contributed by atoms with E-state index in [1.54, 1.807) is 0 Å². The standard InChI is InChI=1S/C11H12N4O3/c1-7-6-12-10(13-7)11(16)14-8-2-4-9(5-3-8)15(17)18/h2-5,7H,6H2,1H3,(H,12,13)(H,14,16). The number of amidine groups is 1. The molecule has 7 heteroatoms. The number of nitro groups is 1. The van der Waals surface area contributed by atoms with E-state index in [1.807, 2.05) is 6.92 Å². The minimum Gasteiger partial charge on any atom is -0.361 e. The van der Waals surface area contributed by atoms with Crippen molar-refractivity contribution in [3.8, 4) is 0 Å². The minimum absolute atomic E-state index is 0.0158. The van der Waals surface area contributed by atoms with Crippen LogP contribution in [-0.2, 0) is 4.79 Å². The van der Waals surface area contributed by atoms with Crippen LogP contribution in [0.3, 0.4) is 0 Å². The van der Waals surface area contributed by atoms with Gasteiger partial charge in [-0.1, -0.05) is 0 Å². The highest BCUT2D eigenvalue weighted by atomic mass is 16.6. The summed E-state index contributed by atoms with van der Waals surface area (Å²) in [6.45, 7) is 2.50. The number of aliphatic imine (C=N–C) groups is 1. The number of rotatable bonds is 3. The first kappa shape index (κ1) is 12.0. The van der Waals surface area contributed by atoms with Crippen LogP contribution >= 0.6 is 0 Å². The quantitative estimate of drug-likeness (QED) is 0.614. The Balaban J connectivity index is 2.01. The highest BCUT2D eigenvalue weighted by Crippen LogP contribution is 2.15. The molecule has 1 amide bonds. The van der Waals surface area contributed by atoms with Crippen LogP contribution in [0.5, 0.6) is 0 Å². The number of nitro benzene ring substituents is 1. The van der Waals surface area contributed by atoms with Crippen molar-refractivity contribution >= 4 is 23.1 Å². The van der Waals surface area contributed by atoms with E-state index in [0.717, 1.165) is 0 Å². The van der Waals surface area contributed by atoms with E-state index in [9.17, 15) is 14.9 Å². The molecule has 1 aliphatic heterocycles. The normalized spacial score (nSPS) is 17.8. The molecule has 2 rings (SSSR count). The Labute approximate surface area is 103 Å². The molecule has 1 atom stereocenters. The zero-order valence-electron chi connectivity index (χ0n) is 9.71. The molecule has 0 saturated heterocycles. The predicted molar refractivity (Wildman–Crippen MR) is 66.6 cm³/mol. The maximum absolute atomic E-state index is 11.7. The van der Waals surface area contributed by atoms with Crippen LogP contribution in [0.4, 0.5) is 11.4 Å². The summed E-state index contributed by atoms with van der Waals surface area (Å²) < 4.78 is 0. The van der Waals surface area contributed by atoms with E-state index in [2.05, 4.69) is 15.6 Å². The highest BCUT2D eigenvalue weighted by Gasteiger charge is 2.19. The van der Waals surface area contributed by atoms with Crippen LogP contribution in [0, 0.1) is 10.1 Å². The van der Waals surface area contributed by atoms with Crippen molar-refractivity contribution in [2.45, 2.75) is 13.0 Å². The van der Waals surface area contributed by atoms with Crippen LogP contribution < -0.4 is 10.6 Å². The van der Waals surface area contributed by atoms with E-state index in [0.29, 0.717) is 18.1 Å². The van der Waals surface area contributed by atoms with Gasteiger partial charge in [0.1, 0.15) is 0 Å². The number of non-ortho nitro benzene ring substituents is 1. The smallest absolute Gasteiger partial charge is 0.290 e. The molecule has 0 aliphatic carbocycles. The molecule has 0 aromatic heterocycles. The van der Waals surface area contributed by atoms with Gasteiger partial charge in [-0.2, -0.15) is 0 Å². The number of carbonyl (C=O) groups is 1. The topological polar surface area (TPSA) is 96.6 Å². The molecule has 0 bridgehead atoms. The number of carbonyl (C=O) groups excluding carboxylic acids is 1. The maximum Gasteiger partial charge on any atom is 0.290 e. The Morgan fingerprint density at radius 1 is 1.50 bits per heavy atom. The number of hydrogen-bond acceptors (Lipinski definition) is 5. The molecule has 2 N–H and O–H groups in total. The molecule has 1 unspecified atom stereocenters. The summed E-state index contributed by atoms with van der Waals surface area (Å²) in [6.07, 6.45) is 0. The van der Waals surface area contributed by atoms with Gasteiger partial charge in [-0.05, 0) is 19.1 Å². The fourth-order valence-electron chi connectivity index (χ4n) is 1.55. The van der Waals surface area contributed by atoms with Crippen LogP contribution in [0.2, 0.25) is 0 Å². The first-order chi connectivity index (χ1) is 8.56. The molecule has 94 valence electrons. The molecule has 0 radical (unpaired) electrons. The summed E-state index contributed by atoms with van der Waals surface area (Å²) in [4.78, 5) is 25.8. The Morgan fingerprint density at radius 2 is 2.17 bits per heavy atom. The lowest BCUT2D eigenvalue weighted by atomic mass is 10.3. The van der Waals surface area contributed by atoms with Crippen molar-refractivity contribution in [2.75, 3.05) is 11.9 Å². The van der Waals surface area contributed by atoms with E-state index < -0.39 is 4.92 Å². The van der Waals surface area contributed by atoms with Crippen molar-refractivity contribution in [3.63, 3.8) is 0 Å². The molecule has 0 fully saturated rings. The molecule has 7 nitrogen and oxygen atoms in total. The average Bonchev–Trinajstić information content (AvgIpc) is 2.76. The van der Waals surface area contributed by atoms with Gasteiger partial charge >= 0.3 is 0 Å². The Morgan fingerprint density at radius 3 is 2.67 bits per heavy atom. The third kappa shape index (κ3) is 2.62. The Kier molecular flexibility index (Phi) is 3.22. The lowest BCUT2D eigenvalue weighted by Crippen LogP contribution is -2.36. The van der Waals surface area contributed by atoms with Crippen LogP contribution in [-0.4, -0.2) is 29.3 Å². The molecule has 1 heterocycles. The van der Waals surface area contributed by atoms with Crippen molar-refractivity contribution < 1.29 is 9.72 Å². The first-order valence-corrected chi connectivity index (χ1v) is 5.43. The van der Waals surface area contributed by atoms with Gasteiger partial charge in [0.2, 0.25) is 0 Å². The van der Waals surface area contributed by atoms with E-state index in [1.165, 1.54) is 24.3 Å². The molecule has 0 saturated carbocycles. The molecule has 18 heavy (non-hydrogen) atoms. The number of nitrogens with one attached hydrogen (secondary N) is 2. The maximum atomic E-state index is 11.7. The molecule has 1 aliphatic rings. The SMILES string of the molecule is CC1CN=C(C(=O)Nc2ccc([N+](=O)[O-])cc2)N1. The number of amides is 1. The molecule has 0 spiro atoms. The van der Waals surface area contributed by atoms with Gasteiger partial charge in [0.25, 0.3) is 11.6 Å². The number of benzene rings is 1. The van der Waals surface area contributed by atoms with Gasteiger partial charge in [0.05, 0.1) is 11.5 Å². The van der Waals surface area contributed by atoms with Crippen LogP contribution in [0.15, 0.2) is 29.3 Å². The third-order valence-corrected chi connectivity index (χ3v) is 2.46. The van der Waals surface area contributed by atoms with Crippen LogP contribution in [0.1, 0.15) is 6.92 Å². The van der Waals surface area contributed by atoms with E-state index in [-0.39, 0.29) is 17.6 Å². The number of hydrogen-bond donors (Lipinski definition) is 2. The summed E-state index contributed by atoms with van der Waals surface area (Å²) in [6, 6.07) is 5.79. The second-order valence-corrected chi connectivity index (χ2v) is 3.99. The second-order valence-electron chi connectivity index (χ2n) is 3.99. The predicted octanol–water partition coefficient (Wildman–Crippen LogP) is 0.923. The van der Waals surface area contributed by atoms with Gasteiger partial charge < -0.3 is 10.6 Å². The van der Waals surface area contributed by atoms with Crippen molar-refractivity contribution in [2.24, 2.45) is 4.99 Å². The second kappa shape index (κ2) is 4.82. The Hall–Kier alpha value is -2.44. The highest BCUT2D eigenvalue weighted by molar-refractivity contribution is 6.42. The van der Waals surface area contributed by atoms with Gasteiger partial charge in [-0.3, -0.25) is 19.9 Å². The fourth-order valence-corrected chi connectivity index (χ4v) is 1.55.